The van der Waals surface area contributed by atoms with Crippen LogP contribution in [-0.4, -0.2) is 35.7 Å². The number of thiocarbonyl (C=S) groups is 1. The van der Waals surface area contributed by atoms with Gasteiger partial charge < -0.3 is 25.2 Å². The lowest BCUT2D eigenvalue weighted by molar-refractivity contribution is -0.115. The lowest BCUT2D eigenvalue weighted by atomic mass is 9.86. The maximum absolute atomic E-state index is 12.1. The van der Waals surface area contributed by atoms with Crippen molar-refractivity contribution in [3.8, 4) is 5.75 Å². The topological polar surface area (TPSA) is 69.7 Å². The minimum Gasteiger partial charge on any atom is -0.494 e. The zero-order valence-electron chi connectivity index (χ0n) is 23.6. The number of rotatable bonds is 6. The third kappa shape index (κ3) is 4.90. The number of nitrogens with one attached hydrogen (secondary N) is 2. The van der Waals surface area contributed by atoms with Gasteiger partial charge in [0, 0.05) is 47.7 Å². The molecular formula is C31H34ClN5O2S. The Morgan fingerprint density at radius 1 is 1.23 bits per heavy atom. The van der Waals surface area contributed by atoms with Crippen LogP contribution in [0.4, 0.5) is 17.1 Å². The quantitative estimate of drug-likeness (QED) is 0.310. The lowest BCUT2D eigenvalue weighted by Gasteiger charge is -2.41. The van der Waals surface area contributed by atoms with Crippen LogP contribution in [0.5, 0.6) is 5.75 Å². The molecule has 7 nitrogen and oxygen atoms in total. The second kappa shape index (κ2) is 10.7. The van der Waals surface area contributed by atoms with E-state index in [0.717, 1.165) is 28.2 Å². The number of likely N-dealkylation sites (N-methyl/N-ethyl adjacent to an activating group) is 1. The van der Waals surface area contributed by atoms with E-state index in [1.54, 1.807) is 13.3 Å². The highest BCUT2D eigenvalue weighted by Crippen LogP contribution is 2.48. The number of allylic oxidation sites excluding steroid dienone is 1. The number of fused-ring (bicyclic) bond motifs is 1. The molecule has 2 aliphatic rings. The molecular weight excluding hydrogens is 542 g/mol. The molecule has 0 spiro atoms. The van der Waals surface area contributed by atoms with Gasteiger partial charge in [0.05, 0.1) is 36.1 Å². The highest BCUT2D eigenvalue weighted by Gasteiger charge is 2.43. The van der Waals surface area contributed by atoms with Crippen LogP contribution in [0.15, 0.2) is 60.8 Å². The molecule has 2 aliphatic heterocycles. The number of methoxy groups -OCH3 is 1. The molecule has 5 rings (SSSR count). The van der Waals surface area contributed by atoms with Crippen molar-refractivity contribution < 1.29 is 9.53 Å². The first kappa shape index (κ1) is 27.9. The molecule has 1 aromatic heterocycles. The number of aromatic nitrogens is 1. The fourth-order valence-corrected chi connectivity index (χ4v) is 6.15. The van der Waals surface area contributed by atoms with E-state index in [2.05, 4.69) is 71.4 Å². The number of nitrogens with zero attached hydrogens (tertiary/aromatic N) is 3. The predicted octanol–water partition coefficient (Wildman–Crippen LogP) is 6.90. The van der Waals surface area contributed by atoms with Gasteiger partial charge in [-0.3, -0.25) is 9.78 Å². The number of benzene rings is 2. The molecule has 0 saturated carbocycles. The first-order chi connectivity index (χ1) is 19.1. The zero-order chi connectivity index (χ0) is 28.8. The molecule has 2 N–H and O–H groups in total. The smallest absolute Gasteiger partial charge is 0.224 e. The van der Waals surface area contributed by atoms with E-state index in [-0.39, 0.29) is 23.5 Å². The number of ether oxygens (including phenoxy) is 1. The second-order valence-corrected chi connectivity index (χ2v) is 11.5. The summed E-state index contributed by atoms with van der Waals surface area (Å²) in [5.41, 5.74) is 6.50. The minimum absolute atomic E-state index is 0.0880. The summed E-state index contributed by atoms with van der Waals surface area (Å²) in [6, 6.07) is 15.2. The molecule has 2 aromatic carbocycles. The average molecular weight is 576 g/mol. The third-order valence-corrected chi connectivity index (χ3v) is 8.45. The first-order valence-corrected chi connectivity index (χ1v) is 14.1. The van der Waals surface area contributed by atoms with Crippen LogP contribution in [0.25, 0.3) is 5.57 Å². The van der Waals surface area contributed by atoms with Gasteiger partial charge >= 0.3 is 0 Å². The molecule has 1 saturated heterocycles. The summed E-state index contributed by atoms with van der Waals surface area (Å²) in [5.74, 6) is 0.455. The highest BCUT2D eigenvalue weighted by atomic mass is 35.5. The van der Waals surface area contributed by atoms with Gasteiger partial charge in [-0.2, -0.15) is 0 Å². The van der Waals surface area contributed by atoms with Crippen LogP contribution >= 0.6 is 23.8 Å². The summed E-state index contributed by atoms with van der Waals surface area (Å²) in [6.45, 7) is 8.34. The van der Waals surface area contributed by atoms with E-state index in [1.807, 2.05) is 43.3 Å². The first-order valence-electron chi connectivity index (χ1n) is 13.3. The Hall–Kier alpha value is -3.62. The van der Waals surface area contributed by atoms with Crippen LogP contribution in [0, 0.1) is 0 Å². The summed E-state index contributed by atoms with van der Waals surface area (Å²) < 4.78 is 5.67. The summed E-state index contributed by atoms with van der Waals surface area (Å²) in [4.78, 5) is 21.1. The van der Waals surface area contributed by atoms with Crippen molar-refractivity contribution in [3.63, 3.8) is 0 Å². The summed E-state index contributed by atoms with van der Waals surface area (Å²) in [6.07, 6.45) is 4.44. The van der Waals surface area contributed by atoms with Gasteiger partial charge in [0.2, 0.25) is 5.91 Å². The van der Waals surface area contributed by atoms with Crippen LogP contribution in [0.2, 0.25) is 5.02 Å². The van der Waals surface area contributed by atoms with Crippen molar-refractivity contribution in [1.82, 2.24) is 10.3 Å². The van der Waals surface area contributed by atoms with Gasteiger partial charge in [-0.1, -0.05) is 30.7 Å². The Morgan fingerprint density at radius 3 is 2.67 bits per heavy atom. The molecule has 208 valence electrons. The van der Waals surface area contributed by atoms with E-state index in [9.17, 15) is 4.79 Å². The Bertz CT molecular complexity index is 1510. The maximum atomic E-state index is 12.1. The number of pyridine rings is 1. The molecule has 9 heteroatoms. The summed E-state index contributed by atoms with van der Waals surface area (Å²) in [5, 5.41) is 7.60. The van der Waals surface area contributed by atoms with Gasteiger partial charge in [0.15, 0.2) is 5.11 Å². The number of carbonyl (C=O) groups excluding carboxylic acids is 1. The number of hydrogen-bond acceptors (Lipinski definition) is 5. The van der Waals surface area contributed by atoms with Gasteiger partial charge in [0.25, 0.3) is 0 Å². The Labute approximate surface area is 246 Å². The lowest BCUT2D eigenvalue weighted by Crippen LogP contribution is -2.42. The van der Waals surface area contributed by atoms with Crippen molar-refractivity contribution in [2.45, 2.75) is 51.7 Å². The van der Waals surface area contributed by atoms with Gasteiger partial charge in [-0.15, -0.1) is 0 Å². The maximum Gasteiger partial charge on any atom is 0.224 e. The highest BCUT2D eigenvalue weighted by molar-refractivity contribution is 7.80. The van der Waals surface area contributed by atoms with Crippen LogP contribution in [0.1, 0.15) is 63.0 Å². The Morgan fingerprint density at radius 2 is 2.00 bits per heavy atom. The van der Waals surface area contributed by atoms with E-state index in [0.29, 0.717) is 28.0 Å². The fraction of sp³-hybridized carbons (Fsp3) is 0.323. The van der Waals surface area contributed by atoms with Crippen LogP contribution in [0.3, 0.4) is 0 Å². The molecule has 1 amide bonds. The SMILES string of the molecule is CCC(=O)Nc1ccc(N2C(=S)N[C@@H](c3ccccn3)[C@@H]2c2cc3c(cc2Cl)N(C)C(C)(C)C=C3C)cc1OC. The molecule has 0 unspecified atom stereocenters. The monoisotopic (exact) mass is 575 g/mol. The van der Waals surface area contributed by atoms with Gasteiger partial charge in [-0.05, 0) is 80.5 Å². The van der Waals surface area contributed by atoms with Crippen molar-refractivity contribution in [2.24, 2.45) is 0 Å². The standard InChI is InChI=1S/C31H34ClN5O2S/c1-7-27(38)34-23-12-11-19(14-26(23)39-6)37-29(28(35-30(37)40)24-10-8-9-13-33-24)21-15-20-18(2)17-31(3,4)36(5)25(20)16-22(21)32/h8-17,28-29H,7H2,1-6H3,(H,34,38)(H,35,40)/t28-,29-/m0/s1. The molecule has 1 fully saturated rings. The molecule has 3 aromatic rings. The van der Waals surface area contributed by atoms with Crippen molar-refractivity contribution >= 4 is 57.5 Å². The van der Waals surface area contributed by atoms with Crippen molar-refractivity contribution in [2.75, 3.05) is 29.3 Å². The van der Waals surface area contributed by atoms with Crippen LogP contribution in [-0.2, 0) is 4.79 Å². The number of carbonyl (C=O) groups is 1. The van der Waals surface area contributed by atoms with Crippen molar-refractivity contribution in [1.29, 1.82) is 0 Å². The number of amides is 1. The molecule has 40 heavy (non-hydrogen) atoms. The van der Waals surface area contributed by atoms with Crippen molar-refractivity contribution in [3.05, 3.63) is 82.6 Å². The molecule has 0 bridgehead atoms. The molecule has 0 aliphatic carbocycles. The molecule has 3 heterocycles. The van der Waals surface area contributed by atoms with Gasteiger partial charge in [-0.25, -0.2) is 0 Å². The normalized spacial score (nSPS) is 19.6. The molecule has 0 radical (unpaired) electrons. The Kier molecular flexibility index (Phi) is 7.50. The summed E-state index contributed by atoms with van der Waals surface area (Å²) in [7, 11) is 3.68. The fourth-order valence-electron chi connectivity index (χ4n) is 5.54. The van der Waals surface area contributed by atoms with Crippen LogP contribution < -0.4 is 25.2 Å². The molecule has 2 atom stereocenters. The number of anilines is 3. The number of halogens is 1. The number of hydrogen-bond donors (Lipinski definition) is 2. The second-order valence-electron chi connectivity index (χ2n) is 10.7. The average Bonchev–Trinajstić information content (AvgIpc) is 3.28. The minimum atomic E-state index is -0.297. The largest absolute Gasteiger partial charge is 0.494 e. The van der Waals surface area contributed by atoms with E-state index in [4.69, 9.17) is 28.6 Å². The van der Waals surface area contributed by atoms with Gasteiger partial charge in [0.1, 0.15) is 5.75 Å². The summed E-state index contributed by atoms with van der Waals surface area (Å²) >= 11 is 13.0. The predicted molar refractivity (Wildman–Crippen MR) is 167 cm³/mol. The van der Waals surface area contributed by atoms with E-state index in [1.165, 1.54) is 5.57 Å². The van der Waals surface area contributed by atoms with E-state index >= 15 is 0 Å². The van der Waals surface area contributed by atoms with E-state index < -0.39 is 0 Å². The third-order valence-electron chi connectivity index (χ3n) is 7.81. The zero-order valence-corrected chi connectivity index (χ0v) is 25.2. The Balaban J connectivity index is 1.67.